The van der Waals surface area contributed by atoms with Crippen LogP contribution in [0.4, 0.5) is 5.69 Å². The molecule has 24 heavy (non-hydrogen) atoms. The standard InChI is InChI=1S/C18H16INO4/c1-22-15-10-12(11-16-18(15)24-9-8-23-16)6-7-17(21)20-14-5-3-2-4-13(14)19/h2-7,10-11H,8-9H2,1H3,(H,20,21)/b7-6+. The van der Waals surface area contributed by atoms with Crippen molar-refractivity contribution in [2.45, 2.75) is 0 Å². The van der Waals surface area contributed by atoms with E-state index in [0.717, 1.165) is 14.8 Å². The second kappa shape index (κ2) is 7.57. The van der Waals surface area contributed by atoms with E-state index in [1.165, 1.54) is 6.08 Å². The topological polar surface area (TPSA) is 56.8 Å². The van der Waals surface area contributed by atoms with Gasteiger partial charge in [0.25, 0.3) is 0 Å². The van der Waals surface area contributed by atoms with Gasteiger partial charge in [0.2, 0.25) is 11.7 Å². The number of para-hydroxylation sites is 1. The number of benzene rings is 2. The quantitative estimate of drug-likeness (QED) is 0.586. The van der Waals surface area contributed by atoms with Crippen LogP contribution < -0.4 is 19.5 Å². The fourth-order valence-electron chi connectivity index (χ4n) is 2.30. The maximum Gasteiger partial charge on any atom is 0.248 e. The fourth-order valence-corrected chi connectivity index (χ4v) is 2.82. The maximum atomic E-state index is 12.1. The molecule has 0 radical (unpaired) electrons. The van der Waals surface area contributed by atoms with Crippen molar-refractivity contribution in [2.24, 2.45) is 0 Å². The van der Waals surface area contributed by atoms with Crippen molar-refractivity contribution in [3.8, 4) is 17.2 Å². The van der Waals surface area contributed by atoms with Crippen LogP contribution in [0.3, 0.4) is 0 Å². The second-order valence-corrected chi connectivity index (χ2v) is 6.21. The molecule has 0 unspecified atom stereocenters. The molecule has 0 saturated heterocycles. The van der Waals surface area contributed by atoms with Gasteiger partial charge in [-0.1, -0.05) is 12.1 Å². The van der Waals surface area contributed by atoms with Gasteiger partial charge in [-0.3, -0.25) is 4.79 Å². The summed E-state index contributed by atoms with van der Waals surface area (Å²) in [6.45, 7) is 0.993. The Morgan fingerprint density at radius 3 is 2.83 bits per heavy atom. The van der Waals surface area contributed by atoms with Crippen LogP contribution in [0.15, 0.2) is 42.5 Å². The molecule has 1 aliphatic rings. The molecular formula is C18H16INO4. The number of anilines is 1. The maximum absolute atomic E-state index is 12.1. The molecule has 1 amide bonds. The molecule has 1 heterocycles. The number of amides is 1. The van der Waals surface area contributed by atoms with Crippen molar-refractivity contribution in [1.82, 2.24) is 0 Å². The average Bonchev–Trinajstić information content (AvgIpc) is 2.61. The number of fused-ring (bicyclic) bond motifs is 1. The molecule has 0 fully saturated rings. The van der Waals surface area contributed by atoms with Gasteiger partial charge in [-0.25, -0.2) is 0 Å². The van der Waals surface area contributed by atoms with Gasteiger partial charge in [0.05, 0.1) is 12.8 Å². The normalized spacial score (nSPS) is 12.9. The highest BCUT2D eigenvalue weighted by atomic mass is 127. The second-order valence-electron chi connectivity index (χ2n) is 5.05. The third kappa shape index (κ3) is 3.81. The molecule has 124 valence electrons. The number of rotatable bonds is 4. The first kappa shape index (κ1) is 16.6. The van der Waals surface area contributed by atoms with E-state index < -0.39 is 0 Å². The molecule has 0 bridgehead atoms. The number of nitrogens with one attached hydrogen (secondary N) is 1. The zero-order valence-electron chi connectivity index (χ0n) is 13.0. The lowest BCUT2D eigenvalue weighted by Crippen LogP contribution is -2.16. The highest BCUT2D eigenvalue weighted by Crippen LogP contribution is 2.40. The lowest BCUT2D eigenvalue weighted by Gasteiger charge is -2.20. The van der Waals surface area contributed by atoms with Crippen molar-refractivity contribution in [1.29, 1.82) is 0 Å². The van der Waals surface area contributed by atoms with Crippen molar-refractivity contribution in [3.05, 3.63) is 51.6 Å². The molecule has 0 aromatic heterocycles. The van der Waals surface area contributed by atoms with Crippen LogP contribution in [-0.4, -0.2) is 26.2 Å². The molecule has 2 aromatic carbocycles. The van der Waals surface area contributed by atoms with Crippen molar-refractivity contribution >= 4 is 40.3 Å². The molecule has 1 N–H and O–H groups in total. The first-order chi connectivity index (χ1) is 11.7. The number of methoxy groups -OCH3 is 1. The van der Waals surface area contributed by atoms with E-state index in [1.54, 1.807) is 13.2 Å². The van der Waals surface area contributed by atoms with Crippen LogP contribution in [0, 0.1) is 3.57 Å². The first-order valence-electron chi connectivity index (χ1n) is 7.38. The molecule has 3 rings (SSSR count). The van der Waals surface area contributed by atoms with E-state index in [2.05, 4.69) is 27.9 Å². The third-order valence-corrected chi connectivity index (χ3v) is 4.35. The minimum Gasteiger partial charge on any atom is -0.493 e. The van der Waals surface area contributed by atoms with Gasteiger partial charge in [0.1, 0.15) is 13.2 Å². The van der Waals surface area contributed by atoms with Crippen LogP contribution in [0.5, 0.6) is 17.2 Å². The summed E-state index contributed by atoms with van der Waals surface area (Å²) >= 11 is 2.18. The number of hydrogen-bond acceptors (Lipinski definition) is 4. The molecule has 2 aromatic rings. The van der Waals surface area contributed by atoms with Gasteiger partial charge in [-0.05, 0) is 58.5 Å². The molecule has 1 aliphatic heterocycles. The first-order valence-corrected chi connectivity index (χ1v) is 8.46. The number of carbonyl (C=O) groups excluding carboxylic acids is 1. The zero-order chi connectivity index (χ0) is 16.9. The average molecular weight is 437 g/mol. The van der Waals surface area contributed by atoms with Crippen LogP contribution in [0.25, 0.3) is 6.08 Å². The Morgan fingerprint density at radius 1 is 1.25 bits per heavy atom. The number of carbonyl (C=O) groups is 1. The summed E-state index contributed by atoms with van der Waals surface area (Å²) in [5.74, 6) is 1.61. The van der Waals surface area contributed by atoms with Crippen LogP contribution in [0.1, 0.15) is 5.56 Å². The van der Waals surface area contributed by atoms with Gasteiger partial charge in [0.15, 0.2) is 11.5 Å². The smallest absolute Gasteiger partial charge is 0.248 e. The summed E-state index contributed by atoms with van der Waals surface area (Å²) in [5.41, 5.74) is 1.58. The van der Waals surface area contributed by atoms with E-state index in [-0.39, 0.29) is 5.91 Å². The van der Waals surface area contributed by atoms with Crippen molar-refractivity contribution in [2.75, 3.05) is 25.6 Å². The molecule has 5 nitrogen and oxygen atoms in total. The number of ether oxygens (including phenoxy) is 3. The molecule has 0 spiro atoms. The highest BCUT2D eigenvalue weighted by molar-refractivity contribution is 14.1. The minimum absolute atomic E-state index is 0.201. The summed E-state index contributed by atoms with van der Waals surface area (Å²) in [7, 11) is 1.57. The monoisotopic (exact) mass is 437 g/mol. The van der Waals surface area contributed by atoms with Gasteiger partial charge < -0.3 is 19.5 Å². The van der Waals surface area contributed by atoms with Crippen LogP contribution >= 0.6 is 22.6 Å². The molecule has 0 saturated carbocycles. The van der Waals surface area contributed by atoms with E-state index in [4.69, 9.17) is 14.2 Å². The largest absolute Gasteiger partial charge is 0.493 e. The lowest BCUT2D eigenvalue weighted by atomic mass is 10.1. The minimum atomic E-state index is -0.201. The zero-order valence-corrected chi connectivity index (χ0v) is 15.2. The van der Waals surface area contributed by atoms with Crippen molar-refractivity contribution < 1.29 is 19.0 Å². The van der Waals surface area contributed by atoms with Gasteiger partial charge >= 0.3 is 0 Å². The van der Waals surface area contributed by atoms with E-state index in [0.29, 0.717) is 30.5 Å². The Balaban J connectivity index is 1.76. The summed E-state index contributed by atoms with van der Waals surface area (Å²) in [5, 5.41) is 2.85. The van der Waals surface area contributed by atoms with Crippen LogP contribution in [-0.2, 0) is 4.79 Å². The Kier molecular flexibility index (Phi) is 5.24. The Hall–Kier alpha value is -2.22. The van der Waals surface area contributed by atoms with E-state index in [9.17, 15) is 4.79 Å². The highest BCUT2D eigenvalue weighted by Gasteiger charge is 2.17. The Morgan fingerprint density at radius 2 is 2.04 bits per heavy atom. The van der Waals surface area contributed by atoms with E-state index >= 15 is 0 Å². The summed E-state index contributed by atoms with van der Waals surface area (Å²) < 4.78 is 17.5. The predicted molar refractivity (Wildman–Crippen MR) is 101 cm³/mol. The summed E-state index contributed by atoms with van der Waals surface area (Å²) in [6.07, 6.45) is 3.19. The molecule has 0 aliphatic carbocycles. The molecular weight excluding hydrogens is 421 g/mol. The fraction of sp³-hybridized carbons (Fsp3) is 0.167. The van der Waals surface area contributed by atoms with Gasteiger partial charge in [0, 0.05) is 9.65 Å². The lowest BCUT2D eigenvalue weighted by molar-refractivity contribution is -0.111. The Labute approximate surface area is 153 Å². The molecule has 6 heteroatoms. The SMILES string of the molecule is COc1cc(/C=C/C(=O)Nc2ccccc2I)cc2c1OCCO2. The van der Waals surface area contributed by atoms with Gasteiger partial charge in [-0.15, -0.1) is 0 Å². The third-order valence-electron chi connectivity index (χ3n) is 3.41. The van der Waals surface area contributed by atoms with E-state index in [1.807, 2.05) is 36.4 Å². The summed E-state index contributed by atoms with van der Waals surface area (Å²) in [6, 6.07) is 11.2. The number of halogens is 1. The Bertz CT molecular complexity index is 771. The summed E-state index contributed by atoms with van der Waals surface area (Å²) in [4.78, 5) is 12.1. The van der Waals surface area contributed by atoms with Gasteiger partial charge in [-0.2, -0.15) is 0 Å². The predicted octanol–water partition coefficient (Wildman–Crippen LogP) is 3.72. The van der Waals surface area contributed by atoms with Crippen LogP contribution in [0.2, 0.25) is 0 Å². The van der Waals surface area contributed by atoms with Crippen molar-refractivity contribution in [3.63, 3.8) is 0 Å². The number of hydrogen-bond donors (Lipinski definition) is 1. The molecule has 0 atom stereocenters.